The number of imidazole rings is 1. The van der Waals surface area contributed by atoms with E-state index in [1.807, 2.05) is 17.9 Å². The number of hydrogen-bond acceptors (Lipinski definition) is 5. The van der Waals surface area contributed by atoms with Crippen LogP contribution in [-0.2, 0) is 24.4 Å². The molecule has 2 aliphatic rings. The summed E-state index contributed by atoms with van der Waals surface area (Å²) in [5, 5.41) is 3.22. The molecule has 2 aromatic heterocycles. The van der Waals surface area contributed by atoms with Gasteiger partial charge in [0.2, 0.25) is 0 Å². The molecule has 0 unspecified atom stereocenters. The van der Waals surface area contributed by atoms with Gasteiger partial charge in [0, 0.05) is 49.9 Å². The molecular weight excluding hydrogens is 296 g/mol. The third-order valence-electron chi connectivity index (χ3n) is 4.56. The Morgan fingerprint density at radius 1 is 1.36 bits per heavy atom. The zero-order valence-electron chi connectivity index (χ0n) is 12.9. The fraction of sp³-hybridized carbons (Fsp3) is 0.625. The summed E-state index contributed by atoms with van der Waals surface area (Å²) in [6.45, 7) is 4.75. The van der Waals surface area contributed by atoms with E-state index in [1.54, 1.807) is 18.4 Å². The first-order chi connectivity index (χ1) is 10.8. The number of thiazole rings is 1. The van der Waals surface area contributed by atoms with E-state index in [9.17, 15) is 0 Å². The van der Waals surface area contributed by atoms with Gasteiger partial charge in [0.25, 0.3) is 0 Å². The summed E-state index contributed by atoms with van der Waals surface area (Å²) in [6, 6.07) is 0. The average molecular weight is 318 g/mol. The quantitative estimate of drug-likeness (QED) is 0.821. The predicted octanol–water partition coefficient (Wildman–Crippen LogP) is 2.50. The van der Waals surface area contributed by atoms with E-state index in [4.69, 9.17) is 9.72 Å². The number of nitrogens with zero attached hydrogens (tertiary/aromatic N) is 4. The maximum absolute atomic E-state index is 5.49. The maximum Gasteiger partial charge on any atom is 0.107 e. The molecule has 4 rings (SSSR count). The first kappa shape index (κ1) is 14.4. The van der Waals surface area contributed by atoms with Crippen LogP contribution in [0.2, 0.25) is 0 Å². The van der Waals surface area contributed by atoms with Crippen LogP contribution in [0, 0.1) is 5.92 Å². The summed E-state index contributed by atoms with van der Waals surface area (Å²) >= 11 is 1.72. The summed E-state index contributed by atoms with van der Waals surface area (Å²) in [6.07, 6.45) is 6.67. The summed E-state index contributed by atoms with van der Waals surface area (Å²) in [5.41, 5.74) is 2.63. The molecule has 1 atom stereocenters. The predicted molar refractivity (Wildman–Crippen MR) is 85.8 cm³/mol. The van der Waals surface area contributed by atoms with E-state index in [-0.39, 0.29) is 0 Å². The lowest BCUT2D eigenvalue weighted by Crippen LogP contribution is -2.36. The first-order valence-electron chi connectivity index (χ1n) is 7.97. The monoisotopic (exact) mass is 318 g/mol. The van der Waals surface area contributed by atoms with Crippen molar-refractivity contribution < 1.29 is 4.74 Å². The Bertz CT molecular complexity index is 620. The van der Waals surface area contributed by atoms with Gasteiger partial charge in [-0.05, 0) is 18.8 Å². The minimum Gasteiger partial charge on any atom is -0.384 e. The van der Waals surface area contributed by atoms with Crippen molar-refractivity contribution in [3.05, 3.63) is 34.3 Å². The molecule has 0 spiro atoms. The van der Waals surface area contributed by atoms with Crippen molar-refractivity contribution in [3.8, 4) is 0 Å². The minimum atomic E-state index is 0.412. The van der Waals surface area contributed by atoms with E-state index in [1.165, 1.54) is 29.2 Å². The molecule has 0 aromatic carbocycles. The molecular formula is C16H22N4OS. The Morgan fingerprint density at radius 2 is 2.27 bits per heavy atom. The lowest BCUT2D eigenvalue weighted by atomic mass is 9.99. The van der Waals surface area contributed by atoms with Crippen LogP contribution in [0.1, 0.15) is 35.2 Å². The van der Waals surface area contributed by atoms with Gasteiger partial charge in [-0.25, -0.2) is 9.97 Å². The maximum atomic E-state index is 5.49. The lowest BCUT2D eigenvalue weighted by Gasteiger charge is -2.32. The van der Waals surface area contributed by atoms with Crippen LogP contribution in [0.3, 0.4) is 0 Å². The highest BCUT2D eigenvalue weighted by atomic mass is 32.1. The molecule has 5 nitrogen and oxygen atoms in total. The van der Waals surface area contributed by atoms with Gasteiger partial charge in [0.1, 0.15) is 5.01 Å². The largest absolute Gasteiger partial charge is 0.384 e. The van der Waals surface area contributed by atoms with Gasteiger partial charge in [-0.15, -0.1) is 11.3 Å². The Labute approximate surface area is 134 Å². The normalized spacial score (nSPS) is 22.0. The van der Waals surface area contributed by atoms with Crippen molar-refractivity contribution in [1.82, 2.24) is 19.4 Å². The van der Waals surface area contributed by atoms with E-state index >= 15 is 0 Å². The second-order valence-electron chi connectivity index (χ2n) is 6.42. The van der Waals surface area contributed by atoms with Crippen LogP contribution < -0.4 is 0 Å². The second kappa shape index (κ2) is 6.10. The van der Waals surface area contributed by atoms with Crippen molar-refractivity contribution in [3.63, 3.8) is 0 Å². The second-order valence-corrected chi connectivity index (χ2v) is 7.40. The van der Waals surface area contributed by atoms with Gasteiger partial charge in [0.15, 0.2) is 0 Å². The number of hydrogen-bond donors (Lipinski definition) is 0. The SMILES string of the molecule is COC[C@H]1CN(Cc2nccs2)Cc2ncn(CC3CC3)c21. The number of fused-ring (bicyclic) bond motifs is 1. The molecule has 1 saturated carbocycles. The lowest BCUT2D eigenvalue weighted by molar-refractivity contribution is 0.131. The van der Waals surface area contributed by atoms with E-state index in [0.29, 0.717) is 5.92 Å². The highest BCUT2D eigenvalue weighted by Gasteiger charge is 2.32. The Hall–Kier alpha value is -1.24. The minimum absolute atomic E-state index is 0.412. The molecule has 1 fully saturated rings. The molecule has 22 heavy (non-hydrogen) atoms. The first-order valence-corrected chi connectivity index (χ1v) is 8.85. The van der Waals surface area contributed by atoms with Crippen LogP contribution in [0.25, 0.3) is 0 Å². The fourth-order valence-electron chi connectivity index (χ4n) is 3.40. The molecule has 0 amide bonds. The summed E-state index contributed by atoms with van der Waals surface area (Å²) in [4.78, 5) is 11.6. The highest BCUT2D eigenvalue weighted by Crippen LogP contribution is 2.34. The van der Waals surface area contributed by atoms with Crippen LogP contribution in [0.4, 0.5) is 0 Å². The van der Waals surface area contributed by atoms with Crippen LogP contribution in [-0.4, -0.2) is 39.7 Å². The topological polar surface area (TPSA) is 43.2 Å². The molecule has 0 radical (unpaired) electrons. The third kappa shape index (κ3) is 2.95. The molecule has 1 aliphatic heterocycles. The Kier molecular flexibility index (Phi) is 3.98. The number of methoxy groups -OCH3 is 1. The van der Waals surface area contributed by atoms with Crippen molar-refractivity contribution in [1.29, 1.82) is 0 Å². The Balaban J connectivity index is 1.55. The van der Waals surface area contributed by atoms with Gasteiger partial charge in [-0.1, -0.05) is 0 Å². The van der Waals surface area contributed by atoms with Gasteiger partial charge < -0.3 is 9.30 Å². The molecule has 3 heterocycles. The van der Waals surface area contributed by atoms with Crippen LogP contribution >= 0.6 is 11.3 Å². The van der Waals surface area contributed by atoms with Gasteiger partial charge in [-0.2, -0.15) is 0 Å². The van der Waals surface area contributed by atoms with E-state index in [2.05, 4.69) is 14.5 Å². The average Bonchev–Trinajstić information content (AvgIpc) is 3.00. The highest BCUT2D eigenvalue weighted by molar-refractivity contribution is 7.09. The number of rotatable bonds is 6. The van der Waals surface area contributed by atoms with Crippen molar-refractivity contribution in [2.75, 3.05) is 20.3 Å². The van der Waals surface area contributed by atoms with Crippen molar-refractivity contribution in [2.24, 2.45) is 5.92 Å². The van der Waals surface area contributed by atoms with E-state index < -0.39 is 0 Å². The molecule has 0 saturated heterocycles. The van der Waals surface area contributed by atoms with Gasteiger partial charge in [0.05, 0.1) is 25.2 Å². The smallest absolute Gasteiger partial charge is 0.107 e. The fourth-order valence-corrected chi connectivity index (χ4v) is 4.06. The molecule has 2 aromatic rings. The Morgan fingerprint density at radius 3 is 3.00 bits per heavy atom. The summed E-state index contributed by atoms with van der Waals surface area (Å²) < 4.78 is 7.87. The van der Waals surface area contributed by atoms with Crippen LogP contribution in [0.15, 0.2) is 17.9 Å². The zero-order valence-corrected chi connectivity index (χ0v) is 13.8. The molecule has 118 valence electrons. The zero-order chi connectivity index (χ0) is 14.9. The molecule has 0 N–H and O–H groups in total. The van der Waals surface area contributed by atoms with Gasteiger partial charge in [-0.3, -0.25) is 4.90 Å². The van der Waals surface area contributed by atoms with Crippen molar-refractivity contribution >= 4 is 11.3 Å². The number of ether oxygens (including phenoxy) is 1. The molecule has 6 heteroatoms. The third-order valence-corrected chi connectivity index (χ3v) is 5.32. The van der Waals surface area contributed by atoms with Crippen LogP contribution in [0.5, 0.6) is 0 Å². The number of aromatic nitrogens is 3. The molecule has 1 aliphatic carbocycles. The summed E-state index contributed by atoms with van der Waals surface area (Å²) in [7, 11) is 1.79. The molecule has 0 bridgehead atoms. The van der Waals surface area contributed by atoms with Gasteiger partial charge >= 0.3 is 0 Å². The van der Waals surface area contributed by atoms with Crippen molar-refractivity contribution in [2.45, 2.75) is 38.4 Å². The standard InChI is InChI=1S/C16H22N4OS/c1-21-10-13-7-19(9-15-17-4-5-22-15)8-14-16(13)20(11-18-14)6-12-2-3-12/h4-5,11-13H,2-3,6-10H2,1H3/t13-/m1/s1. The summed E-state index contributed by atoms with van der Waals surface area (Å²) in [5.74, 6) is 1.28. The van der Waals surface area contributed by atoms with E-state index in [0.717, 1.165) is 38.7 Å².